The van der Waals surface area contributed by atoms with Crippen molar-refractivity contribution in [3.8, 4) is 11.3 Å². The summed E-state index contributed by atoms with van der Waals surface area (Å²) in [5.41, 5.74) is 3.99. The fourth-order valence-electron chi connectivity index (χ4n) is 4.49. The first-order chi connectivity index (χ1) is 16.4. The van der Waals surface area contributed by atoms with Crippen LogP contribution in [0.25, 0.3) is 11.3 Å². The summed E-state index contributed by atoms with van der Waals surface area (Å²) >= 11 is 0. The summed E-state index contributed by atoms with van der Waals surface area (Å²) in [5.74, 6) is -3.21. The van der Waals surface area contributed by atoms with Crippen LogP contribution < -0.4 is 4.90 Å². The number of piperidine rings is 1. The zero-order valence-corrected chi connectivity index (χ0v) is 22.0. The molecule has 1 fully saturated rings. The Hall–Kier alpha value is -2.57. The van der Waals surface area contributed by atoms with E-state index in [1.807, 2.05) is 27.7 Å². The predicted octanol–water partition coefficient (Wildman–Crippen LogP) is 6.85. The molecule has 3 heterocycles. The molecule has 0 bridgehead atoms. The van der Waals surface area contributed by atoms with Crippen molar-refractivity contribution in [3.05, 3.63) is 41.3 Å². The summed E-state index contributed by atoms with van der Waals surface area (Å²) in [6.07, 6.45) is 5.94. The highest BCUT2D eigenvalue weighted by atomic mass is 19.3. The third-order valence-corrected chi connectivity index (χ3v) is 6.79. The van der Waals surface area contributed by atoms with E-state index in [-0.39, 0.29) is 35.9 Å². The molecule has 0 unspecified atom stereocenters. The first kappa shape index (κ1) is 27.0. The number of carbonyl (C=O) groups is 1. The van der Waals surface area contributed by atoms with E-state index in [2.05, 4.69) is 28.7 Å². The third-order valence-electron chi connectivity index (χ3n) is 6.79. The smallest absolute Gasteiger partial charge is 0.310 e. The van der Waals surface area contributed by atoms with Gasteiger partial charge in [-0.25, -0.2) is 8.78 Å². The minimum absolute atomic E-state index is 0.0724. The molecule has 0 N–H and O–H groups in total. The number of pyridine rings is 2. The van der Waals surface area contributed by atoms with Crippen LogP contribution in [-0.2, 0) is 21.9 Å². The molecular weight excluding hydrogens is 448 g/mol. The zero-order valence-electron chi connectivity index (χ0n) is 22.0. The number of hydrogen-bond donors (Lipinski definition) is 0. The molecule has 35 heavy (non-hydrogen) atoms. The largest absolute Gasteiger partial charge is 0.463 e. The molecule has 2 aromatic heterocycles. The van der Waals surface area contributed by atoms with Crippen LogP contribution in [0.3, 0.4) is 0 Å². The van der Waals surface area contributed by atoms with Gasteiger partial charge in [-0.05, 0) is 57.6 Å². The first-order valence-corrected chi connectivity index (χ1v) is 12.7. The van der Waals surface area contributed by atoms with E-state index < -0.39 is 5.92 Å². The van der Waals surface area contributed by atoms with E-state index >= 15 is 0 Å². The average Bonchev–Trinajstić information content (AvgIpc) is 2.79. The molecule has 0 amide bonds. The molecular formula is C28H39F2N3O2. The fourth-order valence-corrected chi connectivity index (χ4v) is 4.49. The van der Waals surface area contributed by atoms with Crippen molar-refractivity contribution in [2.24, 2.45) is 5.41 Å². The SMILES string of the molecule is CCCCC(F)(F)c1ccc(-c2cnc(C)c(CC(=O)OC(C)C)c2N2CCC(C)(C)CC2)nc1. The van der Waals surface area contributed by atoms with Crippen molar-refractivity contribution in [1.29, 1.82) is 0 Å². The van der Waals surface area contributed by atoms with Gasteiger partial charge in [0.2, 0.25) is 0 Å². The number of aryl methyl sites for hydroxylation is 1. The summed E-state index contributed by atoms with van der Waals surface area (Å²) in [6, 6.07) is 3.11. The molecule has 0 aromatic carbocycles. The summed E-state index contributed by atoms with van der Waals surface area (Å²) < 4.78 is 34.6. The van der Waals surface area contributed by atoms with Gasteiger partial charge in [0.25, 0.3) is 5.92 Å². The average molecular weight is 488 g/mol. The van der Waals surface area contributed by atoms with Gasteiger partial charge in [0.15, 0.2) is 0 Å². The highest BCUT2D eigenvalue weighted by molar-refractivity contribution is 5.84. The number of rotatable bonds is 9. The van der Waals surface area contributed by atoms with Gasteiger partial charge in [-0.2, -0.15) is 0 Å². The molecule has 7 heteroatoms. The molecule has 2 aromatic rings. The van der Waals surface area contributed by atoms with Crippen LogP contribution in [0, 0.1) is 12.3 Å². The topological polar surface area (TPSA) is 55.3 Å². The molecule has 1 saturated heterocycles. The Bertz CT molecular complexity index is 1010. The number of hydrogen-bond acceptors (Lipinski definition) is 5. The molecule has 1 aliphatic rings. The van der Waals surface area contributed by atoms with Crippen LogP contribution >= 0.6 is 0 Å². The van der Waals surface area contributed by atoms with Gasteiger partial charge in [-0.1, -0.05) is 27.2 Å². The lowest BCUT2D eigenvalue weighted by Crippen LogP contribution is -2.38. The normalized spacial score (nSPS) is 16.0. The van der Waals surface area contributed by atoms with E-state index in [0.717, 1.165) is 48.4 Å². The number of unbranched alkanes of at least 4 members (excludes halogenated alkanes) is 1. The second-order valence-corrected chi connectivity index (χ2v) is 10.7. The molecule has 1 aliphatic heterocycles. The number of ether oxygens (including phenoxy) is 1. The standard InChI is InChI=1S/C28H39F2N3O2/c1-7-8-11-28(29,30)21-9-10-24(32-17-21)23-18-31-20(4)22(16-25(34)35-19(2)3)26(23)33-14-12-27(5,6)13-15-33/h9-10,17-19H,7-8,11-16H2,1-6H3. The van der Waals surface area contributed by atoms with Crippen LogP contribution in [0.5, 0.6) is 0 Å². The van der Waals surface area contributed by atoms with Crippen molar-refractivity contribution >= 4 is 11.7 Å². The Morgan fingerprint density at radius 3 is 2.43 bits per heavy atom. The van der Waals surface area contributed by atoms with E-state index in [1.165, 1.54) is 12.3 Å². The Balaban J connectivity index is 2.03. The Morgan fingerprint density at radius 1 is 1.17 bits per heavy atom. The van der Waals surface area contributed by atoms with Crippen molar-refractivity contribution in [3.63, 3.8) is 0 Å². The maximum atomic E-state index is 14.6. The molecule has 0 saturated carbocycles. The van der Waals surface area contributed by atoms with Gasteiger partial charge in [-0.15, -0.1) is 0 Å². The maximum absolute atomic E-state index is 14.6. The molecule has 0 atom stereocenters. The first-order valence-electron chi connectivity index (χ1n) is 12.7. The second-order valence-electron chi connectivity index (χ2n) is 10.7. The summed E-state index contributed by atoms with van der Waals surface area (Å²) in [7, 11) is 0. The Labute approximate surface area is 208 Å². The monoisotopic (exact) mass is 487 g/mol. The Kier molecular flexibility index (Phi) is 8.50. The number of halogens is 2. The van der Waals surface area contributed by atoms with Gasteiger partial charge >= 0.3 is 5.97 Å². The van der Waals surface area contributed by atoms with Crippen molar-refractivity contribution in [2.45, 2.75) is 92.1 Å². The molecule has 0 spiro atoms. The minimum Gasteiger partial charge on any atom is -0.463 e. The van der Waals surface area contributed by atoms with E-state index in [9.17, 15) is 13.6 Å². The molecule has 192 valence electrons. The molecule has 3 rings (SSSR count). The predicted molar refractivity (Wildman–Crippen MR) is 136 cm³/mol. The fraction of sp³-hybridized carbons (Fsp3) is 0.607. The van der Waals surface area contributed by atoms with Crippen LogP contribution in [0.2, 0.25) is 0 Å². The van der Waals surface area contributed by atoms with Crippen molar-refractivity contribution in [1.82, 2.24) is 9.97 Å². The molecule has 0 radical (unpaired) electrons. The lowest BCUT2D eigenvalue weighted by molar-refractivity contribution is -0.146. The maximum Gasteiger partial charge on any atom is 0.310 e. The number of esters is 1. The Morgan fingerprint density at radius 2 is 1.86 bits per heavy atom. The summed E-state index contributed by atoms with van der Waals surface area (Å²) in [6.45, 7) is 13.7. The van der Waals surface area contributed by atoms with E-state index in [1.54, 1.807) is 12.3 Å². The van der Waals surface area contributed by atoms with Crippen LogP contribution in [0.15, 0.2) is 24.5 Å². The van der Waals surface area contributed by atoms with Crippen molar-refractivity contribution < 1.29 is 18.3 Å². The third kappa shape index (κ3) is 6.77. The van der Waals surface area contributed by atoms with Gasteiger partial charge < -0.3 is 9.64 Å². The van der Waals surface area contributed by atoms with Crippen LogP contribution in [-0.4, -0.2) is 35.1 Å². The zero-order chi connectivity index (χ0) is 25.8. The number of carbonyl (C=O) groups excluding carboxylic acids is 1. The van der Waals surface area contributed by atoms with Gasteiger partial charge in [-0.3, -0.25) is 14.8 Å². The van der Waals surface area contributed by atoms with Crippen molar-refractivity contribution in [2.75, 3.05) is 18.0 Å². The lowest BCUT2D eigenvalue weighted by atomic mass is 9.82. The highest BCUT2D eigenvalue weighted by Crippen LogP contribution is 2.40. The van der Waals surface area contributed by atoms with Crippen LogP contribution in [0.4, 0.5) is 14.5 Å². The van der Waals surface area contributed by atoms with E-state index in [4.69, 9.17) is 4.74 Å². The van der Waals surface area contributed by atoms with E-state index in [0.29, 0.717) is 18.5 Å². The molecule has 5 nitrogen and oxygen atoms in total. The van der Waals surface area contributed by atoms with Crippen LogP contribution in [0.1, 0.15) is 83.5 Å². The summed E-state index contributed by atoms with van der Waals surface area (Å²) in [5, 5.41) is 0. The second kappa shape index (κ2) is 11.0. The van der Waals surface area contributed by atoms with Gasteiger partial charge in [0.05, 0.1) is 23.9 Å². The lowest BCUT2D eigenvalue weighted by Gasteiger charge is -2.40. The number of alkyl halides is 2. The molecule has 0 aliphatic carbocycles. The van der Waals surface area contributed by atoms with Gasteiger partial charge in [0.1, 0.15) is 0 Å². The quantitative estimate of drug-likeness (QED) is 0.362. The number of aromatic nitrogens is 2. The minimum atomic E-state index is -2.90. The number of nitrogens with zero attached hydrogens (tertiary/aromatic N) is 3. The number of anilines is 1. The summed E-state index contributed by atoms with van der Waals surface area (Å²) in [4.78, 5) is 23.9. The van der Waals surface area contributed by atoms with Gasteiger partial charge in [0, 0.05) is 54.3 Å². The highest BCUT2D eigenvalue weighted by Gasteiger charge is 2.32.